The van der Waals surface area contributed by atoms with Crippen LogP contribution in [0.3, 0.4) is 0 Å². The van der Waals surface area contributed by atoms with Crippen LogP contribution in [0.2, 0.25) is 0 Å². The van der Waals surface area contributed by atoms with E-state index < -0.39 is 28.5 Å². The van der Waals surface area contributed by atoms with Crippen molar-refractivity contribution in [2.75, 3.05) is 25.1 Å². The van der Waals surface area contributed by atoms with Gasteiger partial charge in [-0.3, -0.25) is 13.9 Å². The van der Waals surface area contributed by atoms with Crippen LogP contribution in [0.5, 0.6) is 11.5 Å². The van der Waals surface area contributed by atoms with Gasteiger partial charge in [0.15, 0.2) is 0 Å². The standard InChI is InChI=1S/C29H35N3O6S/c1-21(2)30-29(34)22(3)31(19-23-15-17-24(37-4)18-16-23)28(33)20-32(26-13-9-10-14-27(26)38-5)39(35,36)25-11-7-6-8-12-25/h6-18,21-22H,19-20H2,1-5H3,(H,30,34)/t22-/m0/s1. The fourth-order valence-corrected chi connectivity index (χ4v) is 5.43. The highest BCUT2D eigenvalue weighted by molar-refractivity contribution is 7.92. The van der Waals surface area contributed by atoms with E-state index in [9.17, 15) is 18.0 Å². The molecule has 0 unspecified atom stereocenters. The SMILES string of the molecule is COc1ccc(CN(C(=O)CN(c2ccccc2OC)S(=O)(=O)c2ccccc2)[C@@H](C)C(=O)NC(C)C)cc1. The molecule has 1 N–H and O–H groups in total. The molecule has 0 aromatic heterocycles. The highest BCUT2D eigenvalue weighted by atomic mass is 32.2. The van der Waals surface area contributed by atoms with Crippen molar-refractivity contribution in [3.05, 3.63) is 84.4 Å². The van der Waals surface area contributed by atoms with E-state index in [1.165, 1.54) is 24.1 Å². The lowest BCUT2D eigenvalue weighted by molar-refractivity contribution is -0.139. The van der Waals surface area contributed by atoms with Crippen molar-refractivity contribution in [2.45, 2.75) is 44.3 Å². The number of hydrogen-bond donors (Lipinski definition) is 1. The summed E-state index contributed by atoms with van der Waals surface area (Å²) in [5.74, 6) is 0.0416. The number of rotatable bonds is 12. The minimum Gasteiger partial charge on any atom is -0.497 e. The van der Waals surface area contributed by atoms with Gasteiger partial charge < -0.3 is 19.7 Å². The molecule has 10 heteroatoms. The summed E-state index contributed by atoms with van der Waals surface area (Å²) >= 11 is 0. The summed E-state index contributed by atoms with van der Waals surface area (Å²) in [5.41, 5.74) is 0.962. The van der Waals surface area contributed by atoms with Gasteiger partial charge in [0, 0.05) is 12.6 Å². The van der Waals surface area contributed by atoms with Gasteiger partial charge >= 0.3 is 0 Å². The Morgan fingerprint density at radius 1 is 0.846 bits per heavy atom. The number of ether oxygens (including phenoxy) is 2. The van der Waals surface area contributed by atoms with Crippen LogP contribution in [0.25, 0.3) is 0 Å². The zero-order chi connectivity index (χ0) is 28.6. The van der Waals surface area contributed by atoms with E-state index in [1.54, 1.807) is 80.8 Å². The fraction of sp³-hybridized carbons (Fsp3) is 0.310. The number of nitrogens with zero attached hydrogens (tertiary/aromatic N) is 2. The first-order chi connectivity index (χ1) is 18.6. The van der Waals surface area contributed by atoms with E-state index in [0.717, 1.165) is 9.87 Å². The summed E-state index contributed by atoms with van der Waals surface area (Å²) in [5, 5.41) is 2.84. The number of hydrogen-bond acceptors (Lipinski definition) is 6. The Kier molecular flexibility index (Phi) is 9.95. The van der Waals surface area contributed by atoms with Crippen LogP contribution in [0.1, 0.15) is 26.3 Å². The molecule has 0 saturated carbocycles. The molecule has 3 aromatic carbocycles. The predicted molar refractivity (Wildman–Crippen MR) is 150 cm³/mol. The Morgan fingerprint density at radius 2 is 1.46 bits per heavy atom. The van der Waals surface area contributed by atoms with Gasteiger partial charge in [0.2, 0.25) is 11.8 Å². The summed E-state index contributed by atoms with van der Waals surface area (Å²) in [6, 6.07) is 20.6. The van der Waals surface area contributed by atoms with E-state index in [0.29, 0.717) is 5.75 Å². The van der Waals surface area contributed by atoms with Crippen molar-refractivity contribution in [1.29, 1.82) is 0 Å². The molecule has 0 fully saturated rings. The van der Waals surface area contributed by atoms with Gasteiger partial charge in [-0.25, -0.2) is 8.42 Å². The highest BCUT2D eigenvalue weighted by Crippen LogP contribution is 2.32. The summed E-state index contributed by atoms with van der Waals surface area (Å²) in [7, 11) is -1.18. The topological polar surface area (TPSA) is 105 Å². The Balaban J connectivity index is 2.05. The molecular formula is C29H35N3O6S. The molecule has 1 atom stereocenters. The van der Waals surface area contributed by atoms with Crippen LogP contribution in [0.4, 0.5) is 5.69 Å². The molecule has 0 heterocycles. The molecule has 0 saturated heterocycles. The van der Waals surface area contributed by atoms with Gasteiger partial charge in [0.1, 0.15) is 24.1 Å². The molecule has 3 rings (SSSR count). The molecule has 0 aliphatic carbocycles. The van der Waals surface area contributed by atoms with Gasteiger partial charge in [0.05, 0.1) is 24.8 Å². The van der Waals surface area contributed by atoms with Gasteiger partial charge in [-0.2, -0.15) is 0 Å². The quantitative estimate of drug-likeness (QED) is 0.365. The molecule has 9 nitrogen and oxygen atoms in total. The normalized spacial score (nSPS) is 11.9. The molecule has 0 spiro atoms. The van der Waals surface area contributed by atoms with E-state index in [2.05, 4.69) is 5.32 Å². The first-order valence-corrected chi connectivity index (χ1v) is 14.0. The Labute approximate surface area is 230 Å². The molecule has 39 heavy (non-hydrogen) atoms. The van der Waals surface area contributed by atoms with Crippen LogP contribution in [0, 0.1) is 0 Å². The summed E-state index contributed by atoms with van der Waals surface area (Å²) < 4.78 is 39.4. The molecule has 3 aromatic rings. The number of benzene rings is 3. The molecule has 208 valence electrons. The molecule has 2 amide bonds. The highest BCUT2D eigenvalue weighted by Gasteiger charge is 2.33. The van der Waals surface area contributed by atoms with Crippen LogP contribution >= 0.6 is 0 Å². The van der Waals surface area contributed by atoms with Gasteiger partial charge in [-0.05, 0) is 62.7 Å². The summed E-state index contributed by atoms with van der Waals surface area (Å²) in [6.07, 6.45) is 0. The van der Waals surface area contributed by atoms with Crippen LogP contribution < -0.4 is 19.1 Å². The van der Waals surface area contributed by atoms with Crippen molar-refractivity contribution in [2.24, 2.45) is 0 Å². The van der Waals surface area contributed by atoms with Crippen LogP contribution in [0.15, 0.2) is 83.8 Å². The number of nitrogens with one attached hydrogen (secondary N) is 1. The monoisotopic (exact) mass is 553 g/mol. The smallest absolute Gasteiger partial charge is 0.264 e. The zero-order valence-corrected chi connectivity index (χ0v) is 23.6. The molecule has 0 bridgehead atoms. The third-order valence-corrected chi connectivity index (χ3v) is 7.85. The van der Waals surface area contributed by atoms with E-state index in [1.807, 2.05) is 13.8 Å². The van der Waals surface area contributed by atoms with Crippen LogP contribution in [-0.2, 0) is 26.2 Å². The van der Waals surface area contributed by atoms with E-state index >= 15 is 0 Å². The van der Waals surface area contributed by atoms with Crippen molar-refractivity contribution in [3.8, 4) is 11.5 Å². The van der Waals surface area contributed by atoms with Crippen molar-refractivity contribution in [1.82, 2.24) is 10.2 Å². The third kappa shape index (κ3) is 7.29. The number of methoxy groups -OCH3 is 2. The second kappa shape index (κ2) is 13.1. The molecule has 0 radical (unpaired) electrons. The van der Waals surface area contributed by atoms with Gasteiger partial charge in [0.25, 0.3) is 10.0 Å². The van der Waals surface area contributed by atoms with Crippen LogP contribution in [-0.4, -0.2) is 58.0 Å². The maximum atomic E-state index is 13.9. The number of carbonyl (C=O) groups is 2. The average Bonchev–Trinajstić information content (AvgIpc) is 2.94. The number of anilines is 1. The summed E-state index contributed by atoms with van der Waals surface area (Å²) in [6.45, 7) is 4.82. The number of sulfonamides is 1. The second-order valence-corrected chi connectivity index (χ2v) is 11.1. The maximum Gasteiger partial charge on any atom is 0.264 e. The number of para-hydroxylation sites is 2. The first kappa shape index (κ1) is 29.5. The van der Waals surface area contributed by atoms with Gasteiger partial charge in [-0.15, -0.1) is 0 Å². The average molecular weight is 554 g/mol. The first-order valence-electron chi connectivity index (χ1n) is 12.5. The lowest BCUT2D eigenvalue weighted by Gasteiger charge is -2.32. The lowest BCUT2D eigenvalue weighted by atomic mass is 10.1. The second-order valence-electron chi connectivity index (χ2n) is 9.21. The Bertz CT molecular complexity index is 1360. The fourth-order valence-electron chi connectivity index (χ4n) is 3.98. The van der Waals surface area contributed by atoms with Crippen molar-refractivity contribution < 1.29 is 27.5 Å². The number of amides is 2. The van der Waals surface area contributed by atoms with Crippen molar-refractivity contribution >= 4 is 27.5 Å². The Hall–Kier alpha value is -4.05. The Morgan fingerprint density at radius 3 is 2.05 bits per heavy atom. The largest absolute Gasteiger partial charge is 0.497 e. The third-order valence-electron chi connectivity index (χ3n) is 6.07. The molecule has 0 aliphatic rings. The summed E-state index contributed by atoms with van der Waals surface area (Å²) in [4.78, 5) is 28.3. The predicted octanol–water partition coefficient (Wildman–Crippen LogP) is 3.84. The minimum atomic E-state index is -4.17. The van der Waals surface area contributed by atoms with E-state index in [4.69, 9.17) is 9.47 Å². The maximum absolute atomic E-state index is 13.9. The minimum absolute atomic E-state index is 0.0241. The molecule has 0 aliphatic heterocycles. The van der Waals surface area contributed by atoms with E-state index in [-0.39, 0.29) is 34.8 Å². The number of carbonyl (C=O) groups excluding carboxylic acids is 2. The van der Waals surface area contributed by atoms with Crippen molar-refractivity contribution in [3.63, 3.8) is 0 Å². The molecular weight excluding hydrogens is 518 g/mol. The van der Waals surface area contributed by atoms with Gasteiger partial charge in [-0.1, -0.05) is 42.5 Å². The zero-order valence-electron chi connectivity index (χ0n) is 22.8. The lowest BCUT2D eigenvalue weighted by Crippen LogP contribution is -2.52.